The number of furan rings is 1. The number of carbonyl (C=O) groups is 2. The normalized spacial score (nSPS) is 13.1. The molecule has 3 N–H and O–H groups in total. The van der Waals surface area contributed by atoms with E-state index in [4.69, 9.17) is 4.42 Å². The van der Waals surface area contributed by atoms with E-state index in [2.05, 4.69) is 5.32 Å². The molecule has 0 bridgehead atoms. The van der Waals surface area contributed by atoms with Crippen LogP contribution in [0, 0.1) is 11.8 Å². The molecule has 0 aliphatic rings. The van der Waals surface area contributed by atoms with Crippen LogP contribution in [-0.4, -0.2) is 34.8 Å². The van der Waals surface area contributed by atoms with Crippen molar-refractivity contribution in [2.45, 2.75) is 51.9 Å². The van der Waals surface area contributed by atoms with Crippen molar-refractivity contribution in [3.05, 3.63) is 60.1 Å². The van der Waals surface area contributed by atoms with E-state index in [-0.39, 0.29) is 24.0 Å². The molecule has 156 valence electrons. The standard InChI is InChI=1S/C22H30BNO5/c1-16(2)13-21(23(27)28)24-22(26)18(14-17-7-4-3-5-8-17)15-19(25)10-11-20-9-6-12-29-20/h3-9,12,16,18,21,27-28H,10-11,13-15H2,1-2H3,(H,24,26)/t18-,21+/m1/s1. The Hall–Kier alpha value is -2.38. The number of hydrogen-bond acceptors (Lipinski definition) is 5. The Bertz CT molecular complexity index is 746. The summed E-state index contributed by atoms with van der Waals surface area (Å²) >= 11 is 0. The number of benzene rings is 1. The molecule has 0 saturated heterocycles. The zero-order valence-electron chi connectivity index (χ0n) is 17.1. The van der Waals surface area contributed by atoms with Gasteiger partial charge in [0.05, 0.1) is 12.2 Å². The predicted molar refractivity (Wildman–Crippen MR) is 112 cm³/mol. The highest BCUT2D eigenvalue weighted by atomic mass is 16.4. The molecule has 0 unspecified atom stereocenters. The maximum absolute atomic E-state index is 12.9. The van der Waals surface area contributed by atoms with E-state index in [1.807, 2.05) is 50.2 Å². The Morgan fingerprint density at radius 2 is 1.83 bits per heavy atom. The lowest BCUT2D eigenvalue weighted by Crippen LogP contribution is -2.49. The van der Waals surface area contributed by atoms with Crippen LogP contribution >= 0.6 is 0 Å². The maximum Gasteiger partial charge on any atom is 0.475 e. The lowest BCUT2D eigenvalue weighted by molar-refractivity contribution is -0.129. The summed E-state index contributed by atoms with van der Waals surface area (Å²) in [5.41, 5.74) is 0.955. The molecular formula is C22H30BNO5. The molecular weight excluding hydrogens is 369 g/mol. The minimum Gasteiger partial charge on any atom is -0.469 e. The number of rotatable bonds is 12. The second-order valence-corrected chi connectivity index (χ2v) is 7.87. The third-order valence-electron chi connectivity index (χ3n) is 4.81. The van der Waals surface area contributed by atoms with Crippen LogP contribution in [0.2, 0.25) is 0 Å². The minimum absolute atomic E-state index is 0.0255. The van der Waals surface area contributed by atoms with Crippen LogP contribution in [0.15, 0.2) is 53.1 Å². The molecule has 2 rings (SSSR count). The van der Waals surface area contributed by atoms with Crippen molar-refractivity contribution in [1.82, 2.24) is 5.32 Å². The summed E-state index contributed by atoms with van der Waals surface area (Å²) in [6.07, 6.45) is 3.31. The highest BCUT2D eigenvalue weighted by molar-refractivity contribution is 6.43. The SMILES string of the molecule is CC(C)C[C@H](NC(=O)[C@@H](CC(=O)CCc1ccco1)Cc1ccccc1)B(O)O. The van der Waals surface area contributed by atoms with Crippen molar-refractivity contribution >= 4 is 18.8 Å². The van der Waals surface area contributed by atoms with E-state index in [0.717, 1.165) is 11.3 Å². The van der Waals surface area contributed by atoms with E-state index in [1.165, 1.54) is 0 Å². The van der Waals surface area contributed by atoms with Gasteiger partial charge in [-0.05, 0) is 36.5 Å². The predicted octanol–water partition coefficient (Wildman–Crippen LogP) is 2.57. The van der Waals surface area contributed by atoms with E-state index in [1.54, 1.807) is 12.3 Å². The third-order valence-corrected chi connectivity index (χ3v) is 4.81. The van der Waals surface area contributed by atoms with Gasteiger partial charge < -0.3 is 19.8 Å². The molecule has 0 aliphatic heterocycles. The van der Waals surface area contributed by atoms with Gasteiger partial charge in [-0.15, -0.1) is 0 Å². The topological polar surface area (TPSA) is 99.8 Å². The average molecular weight is 399 g/mol. The van der Waals surface area contributed by atoms with Crippen molar-refractivity contribution in [3.63, 3.8) is 0 Å². The molecule has 0 fully saturated rings. The maximum atomic E-state index is 12.9. The third kappa shape index (κ3) is 8.25. The van der Waals surface area contributed by atoms with Gasteiger partial charge in [-0.25, -0.2) is 0 Å². The zero-order valence-corrected chi connectivity index (χ0v) is 17.1. The van der Waals surface area contributed by atoms with Crippen molar-refractivity contribution < 1.29 is 24.1 Å². The van der Waals surface area contributed by atoms with Gasteiger partial charge in [0, 0.05) is 25.2 Å². The lowest BCUT2D eigenvalue weighted by atomic mass is 9.74. The fourth-order valence-electron chi connectivity index (χ4n) is 3.31. The first-order chi connectivity index (χ1) is 13.8. The van der Waals surface area contributed by atoms with Gasteiger partial charge in [-0.3, -0.25) is 9.59 Å². The molecule has 0 spiro atoms. The highest BCUT2D eigenvalue weighted by Gasteiger charge is 2.30. The number of Topliss-reactive ketones (excluding diaryl/α,β-unsaturated/α-hetero) is 1. The molecule has 1 amide bonds. The van der Waals surface area contributed by atoms with Gasteiger partial charge in [0.15, 0.2) is 0 Å². The van der Waals surface area contributed by atoms with Crippen LogP contribution in [-0.2, 0) is 22.4 Å². The molecule has 0 radical (unpaired) electrons. The summed E-state index contributed by atoms with van der Waals surface area (Å²) in [7, 11) is -1.65. The number of aryl methyl sites for hydroxylation is 1. The van der Waals surface area contributed by atoms with E-state index >= 15 is 0 Å². The van der Waals surface area contributed by atoms with Gasteiger partial charge in [0.1, 0.15) is 11.5 Å². The number of ketones is 1. The first-order valence-corrected chi connectivity index (χ1v) is 10.1. The average Bonchev–Trinajstić information content (AvgIpc) is 3.19. The number of carbonyl (C=O) groups excluding carboxylic acids is 2. The first-order valence-electron chi connectivity index (χ1n) is 10.1. The minimum atomic E-state index is -1.65. The summed E-state index contributed by atoms with van der Waals surface area (Å²) in [6, 6.07) is 13.1. The molecule has 1 heterocycles. The number of hydrogen-bond donors (Lipinski definition) is 3. The molecule has 0 aliphatic carbocycles. The van der Waals surface area contributed by atoms with Crippen molar-refractivity contribution in [2.75, 3.05) is 0 Å². The second kappa shape index (κ2) is 11.6. The summed E-state index contributed by atoms with van der Waals surface area (Å²) in [4.78, 5) is 25.4. The van der Waals surface area contributed by atoms with Gasteiger partial charge in [0.25, 0.3) is 0 Å². The smallest absolute Gasteiger partial charge is 0.469 e. The summed E-state index contributed by atoms with van der Waals surface area (Å²) < 4.78 is 5.26. The molecule has 2 atom stereocenters. The highest BCUT2D eigenvalue weighted by Crippen LogP contribution is 2.17. The van der Waals surface area contributed by atoms with Crippen LogP contribution in [0.4, 0.5) is 0 Å². The number of amides is 1. The van der Waals surface area contributed by atoms with Crippen LogP contribution < -0.4 is 5.32 Å². The lowest BCUT2D eigenvalue weighted by Gasteiger charge is -2.23. The number of nitrogens with one attached hydrogen (secondary N) is 1. The summed E-state index contributed by atoms with van der Waals surface area (Å²) in [5.74, 6) is -0.775. The van der Waals surface area contributed by atoms with Gasteiger partial charge in [0.2, 0.25) is 5.91 Å². The van der Waals surface area contributed by atoms with Crippen molar-refractivity contribution in [3.8, 4) is 0 Å². The molecule has 0 saturated carbocycles. The van der Waals surface area contributed by atoms with E-state index in [9.17, 15) is 19.6 Å². The Morgan fingerprint density at radius 1 is 1.10 bits per heavy atom. The fraction of sp³-hybridized carbons (Fsp3) is 0.455. The van der Waals surface area contributed by atoms with Gasteiger partial charge >= 0.3 is 7.12 Å². The molecule has 29 heavy (non-hydrogen) atoms. The Morgan fingerprint density at radius 3 is 2.41 bits per heavy atom. The Labute approximate surface area is 172 Å². The second-order valence-electron chi connectivity index (χ2n) is 7.87. The Kier molecular flexibility index (Phi) is 9.15. The molecule has 2 aromatic rings. The quantitative estimate of drug-likeness (QED) is 0.477. The van der Waals surface area contributed by atoms with Crippen LogP contribution in [0.1, 0.15) is 44.4 Å². The van der Waals surface area contributed by atoms with Crippen molar-refractivity contribution in [1.29, 1.82) is 0 Å². The molecule has 6 nitrogen and oxygen atoms in total. The molecule has 1 aromatic carbocycles. The van der Waals surface area contributed by atoms with Gasteiger partial charge in [-0.2, -0.15) is 0 Å². The van der Waals surface area contributed by atoms with Crippen LogP contribution in [0.25, 0.3) is 0 Å². The summed E-state index contributed by atoms with van der Waals surface area (Å²) in [6.45, 7) is 3.89. The van der Waals surface area contributed by atoms with Crippen LogP contribution in [0.5, 0.6) is 0 Å². The molecule has 1 aromatic heterocycles. The fourth-order valence-corrected chi connectivity index (χ4v) is 3.31. The Balaban J connectivity index is 2.04. The van der Waals surface area contributed by atoms with Crippen molar-refractivity contribution in [2.24, 2.45) is 11.8 Å². The zero-order chi connectivity index (χ0) is 21.2. The summed E-state index contributed by atoms with van der Waals surface area (Å²) in [5, 5.41) is 22.0. The first kappa shape index (κ1) is 22.9. The largest absolute Gasteiger partial charge is 0.475 e. The van der Waals surface area contributed by atoms with Crippen LogP contribution in [0.3, 0.4) is 0 Å². The monoisotopic (exact) mass is 399 g/mol. The van der Waals surface area contributed by atoms with E-state index in [0.29, 0.717) is 25.7 Å². The van der Waals surface area contributed by atoms with Gasteiger partial charge in [-0.1, -0.05) is 44.2 Å². The molecule has 7 heteroatoms. The van der Waals surface area contributed by atoms with E-state index < -0.39 is 19.0 Å².